The lowest BCUT2D eigenvalue weighted by atomic mass is 10.3. The number of rotatable bonds is 2. The fourth-order valence-corrected chi connectivity index (χ4v) is 2.30. The lowest BCUT2D eigenvalue weighted by molar-refractivity contribution is 0.483. The van der Waals surface area contributed by atoms with E-state index in [0.717, 1.165) is 5.56 Å². The first kappa shape index (κ1) is 11.8. The quantitative estimate of drug-likeness (QED) is 0.696. The molecule has 0 unspecified atom stereocenters. The van der Waals surface area contributed by atoms with Crippen LogP contribution in [0.15, 0.2) is 47.6 Å². The van der Waals surface area contributed by atoms with Crippen molar-refractivity contribution in [1.82, 2.24) is 15.0 Å². The molecule has 0 amide bonds. The van der Waals surface area contributed by atoms with Gasteiger partial charge in [-0.15, -0.1) is 0 Å². The lowest BCUT2D eigenvalue weighted by Gasteiger charge is -1.95. The molecule has 2 aromatic heterocycles. The lowest BCUT2D eigenvalue weighted by Crippen LogP contribution is -1.97. The van der Waals surface area contributed by atoms with Gasteiger partial charge in [-0.3, -0.25) is 9.54 Å². The summed E-state index contributed by atoms with van der Waals surface area (Å²) < 4.78 is 31.1. The van der Waals surface area contributed by atoms with Crippen LogP contribution in [0.25, 0.3) is 22.4 Å². The molecule has 0 bridgehead atoms. The maximum absolute atomic E-state index is 11.1. The maximum Gasteiger partial charge on any atom is 0.294 e. The third kappa shape index (κ3) is 2.20. The van der Waals surface area contributed by atoms with Gasteiger partial charge in [-0.1, -0.05) is 0 Å². The third-order valence-electron chi connectivity index (χ3n) is 2.70. The summed E-state index contributed by atoms with van der Waals surface area (Å²) in [6, 6.07) is 7.79. The second-order valence-electron chi connectivity index (χ2n) is 3.98. The van der Waals surface area contributed by atoms with Gasteiger partial charge in [0, 0.05) is 18.0 Å². The molecule has 2 N–H and O–H groups in total. The number of aromatic amines is 1. The molecule has 0 saturated carbocycles. The zero-order valence-corrected chi connectivity index (χ0v) is 10.4. The SMILES string of the molecule is O=S(=O)(O)c1ccc2nc(-c3ccncc3)[nH]c2c1. The predicted molar refractivity (Wildman–Crippen MR) is 69.1 cm³/mol. The smallest absolute Gasteiger partial charge is 0.294 e. The number of hydrogen-bond acceptors (Lipinski definition) is 4. The van der Waals surface area contributed by atoms with Crippen molar-refractivity contribution in [1.29, 1.82) is 0 Å². The summed E-state index contributed by atoms with van der Waals surface area (Å²) in [4.78, 5) is 11.1. The minimum atomic E-state index is -4.21. The summed E-state index contributed by atoms with van der Waals surface area (Å²) >= 11 is 0. The molecule has 2 heterocycles. The zero-order chi connectivity index (χ0) is 13.5. The average molecular weight is 275 g/mol. The molecule has 0 saturated heterocycles. The number of nitrogens with zero attached hydrogens (tertiary/aromatic N) is 2. The largest absolute Gasteiger partial charge is 0.338 e. The average Bonchev–Trinajstić information content (AvgIpc) is 2.81. The predicted octanol–water partition coefficient (Wildman–Crippen LogP) is 1.87. The van der Waals surface area contributed by atoms with Crippen LogP contribution in [0.3, 0.4) is 0 Å². The standard InChI is InChI=1S/C12H9N3O3S/c16-19(17,18)9-1-2-10-11(7-9)15-12(14-10)8-3-5-13-6-4-8/h1-7H,(H,14,15)(H,16,17,18). The van der Waals surface area contributed by atoms with E-state index in [2.05, 4.69) is 15.0 Å². The van der Waals surface area contributed by atoms with Crippen LogP contribution in [0, 0.1) is 0 Å². The van der Waals surface area contributed by atoms with Crippen molar-refractivity contribution in [2.75, 3.05) is 0 Å². The van der Waals surface area contributed by atoms with Crippen molar-refractivity contribution in [3.63, 3.8) is 0 Å². The maximum atomic E-state index is 11.1. The van der Waals surface area contributed by atoms with Crippen LogP contribution in [0.5, 0.6) is 0 Å². The van der Waals surface area contributed by atoms with Crippen molar-refractivity contribution in [2.45, 2.75) is 4.90 Å². The zero-order valence-electron chi connectivity index (χ0n) is 9.61. The molecule has 96 valence electrons. The van der Waals surface area contributed by atoms with Crippen LogP contribution in [0.4, 0.5) is 0 Å². The highest BCUT2D eigenvalue weighted by atomic mass is 32.2. The first-order valence-corrected chi connectivity index (χ1v) is 6.86. The molecule has 3 aromatic rings. The Hall–Kier alpha value is -2.25. The number of imidazole rings is 1. The van der Waals surface area contributed by atoms with E-state index < -0.39 is 10.1 Å². The topological polar surface area (TPSA) is 95.9 Å². The van der Waals surface area contributed by atoms with Crippen LogP contribution in [0.2, 0.25) is 0 Å². The Morgan fingerprint density at radius 2 is 1.84 bits per heavy atom. The molecular weight excluding hydrogens is 266 g/mol. The molecule has 7 heteroatoms. The van der Waals surface area contributed by atoms with Crippen molar-refractivity contribution in [3.8, 4) is 11.4 Å². The van der Waals surface area contributed by atoms with Crippen LogP contribution in [0.1, 0.15) is 0 Å². The van der Waals surface area contributed by atoms with E-state index in [-0.39, 0.29) is 4.90 Å². The van der Waals surface area contributed by atoms with E-state index >= 15 is 0 Å². The van der Waals surface area contributed by atoms with Gasteiger partial charge in [-0.05, 0) is 30.3 Å². The summed E-state index contributed by atoms with van der Waals surface area (Å²) in [6.45, 7) is 0. The molecular formula is C12H9N3O3S. The number of pyridine rings is 1. The number of benzene rings is 1. The van der Waals surface area contributed by atoms with Gasteiger partial charge >= 0.3 is 0 Å². The van der Waals surface area contributed by atoms with Gasteiger partial charge < -0.3 is 4.98 Å². The van der Waals surface area contributed by atoms with Gasteiger partial charge in [0.05, 0.1) is 15.9 Å². The fraction of sp³-hybridized carbons (Fsp3) is 0. The normalized spacial score (nSPS) is 11.8. The molecule has 1 aromatic carbocycles. The first-order chi connectivity index (χ1) is 9.04. The minimum Gasteiger partial charge on any atom is -0.338 e. The molecule has 0 atom stereocenters. The Labute approximate surface area is 108 Å². The van der Waals surface area contributed by atoms with Gasteiger partial charge in [0.15, 0.2) is 0 Å². The van der Waals surface area contributed by atoms with Gasteiger partial charge in [0.1, 0.15) is 5.82 Å². The number of aromatic nitrogens is 3. The Balaban J connectivity index is 2.17. The number of fused-ring (bicyclic) bond motifs is 1. The summed E-state index contributed by atoms with van der Waals surface area (Å²) in [5, 5.41) is 0. The molecule has 3 rings (SSSR count). The van der Waals surface area contributed by atoms with Gasteiger partial charge in [0.25, 0.3) is 10.1 Å². The molecule has 0 aliphatic heterocycles. The Morgan fingerprint density at radius 1 is 1.11 bits per heavy atom. The highest BCUT2D eigenvalue weighted by Crippen LogP contribution is 2.22. The molecule has 6 nitrogen and oxygen atoms in total. The second-order valence-corrected chi connectivity index (χ2v) is 5.40. The Kier molecular flexibility index (Phi) is 2.58. The molecule has 0 fully saturated rings. The first-order valence-electron chi connectivity index (χ1n) is 5.42. The van der Waals surface area contributed by atoms with Crippen LogP contribution in [-0.4, -0.2) is 27.9 Å². The van der Waals surface area contributed by atoms with Crippen molar-refractivity contribution < 1.29 is 13.0 Å². The summed E-state index contributed by atoms with van der Waals surface area (Å²) in [5.74, 6) is 0.616. The number of nitrogens with one attached hydrogen (secondary N) is 1. The number of H-pyrrole nitrogens is 1. The summed E-state index contributed by atoms with van der Waals surface area (Å²) in [5.41, 5.74) is 2.01. The van der Waals surface area contributed by atoms with Gasteiger partial charge in [-0.2, -0.15) is 8.42 Å². The van der Waals surface area contributed by atoms with E-state index in [9.17, 15) is 8.42 Å². The molecule has 0 aliphatic rings. The van der Waals surface area contributed by atoms with Crippen LogP contribution < -0.4 is 0 Å². The summed E-state index contributed by atoms with van der Waals surface area (Å²) in [6.07, 6.45) is 3.29. The van der Waals surface area contributed by atoms with E-state index in [0.29, 0.717) is 16.9 Å². The highest BCUT2D eigenvalue weighted by Gasteiger charge is 2.12. The van der Waals surface area contributed by atoms with Crippen molar-refractivity contribution >= 4 is 21.2 Å². The Bertz CT molecular complexity index is 841. The van der Waals surface area contributed by atoms with E-state index in [4.69, 9.17) is 4.55 Å². The van der Waals surface area contributed by atoms with Crippen LogP contribution in [-0.2, 0) is 10.1 Å². The fourth-order valence-electron chi connectivity index (χ4n) is 1.80. The van der Waals surface area contributed by atoms with Crippen LogP contribution >= 0.6 is 0 Å². The monoisotopic (exact) mass is 275 g/mol. The van der Waals surface area contributed by atoms with Crippen molar-refractivity contribution in [2.24, 2.45) is 0 Å². The second kappa shape index (κ2) is 4.15. The van der Waals surface area contributed by atoms with E-state index in [1.807, 2.05) is 0 Å². The van der Waals surface area contributed by atoms with E-state index in [1.54, 1.807) is 30.6 Å². The molecule has 0 spiro atoms. The number of hydrogen-bond donors (Lipinski definition) is 2. The molecule has 0 aliphatic carbocycles. The Morgan fingerprint density at radius 3 is 2.53 bits per heavy atom. The van der Waals surface area contributed by atoms with E-state index in [1.165, 1.54) is 12.1 Å². The molecule has 19 heavy (non-hydrogen) atoms. The molecule has 0 radical (unpaired) electrons. The highest BCUT2D eigenvalue weighted by molar-refractivity contribution is 7.85. The minimum absolute atomic E-state index is 0.162. The van der Waals surface area contributed by atoms with Gasteiger partial charge in [-0.25, -0.2) is 4.98 Å². The summed E-state index contributed by atoms with van der Waals surface area (Å²) in [7, 11) is -4.21. The van der Waals surface area contributed by atoms with Gasteiger partial charge in [0.2, 0.25) is 0 Å². The van der Waals surface area contributed by atoms with Crippen molar-refractivity contribution in [3.05, 3.63) is 42.7 Å². The third-order valence-corrected chi connectivity index (χ3v) is 3.55.